The van der Waals surface area contributed by atoms with E-state index in [4.69, 9.17) is 13.8 Å². The van der Waals surface area contributed by atoms with Crippen LogP contribution in [0.4, 0.5) is 0 Å². The standard InChI is InChI=1S/C9H21N2O4P/c1-8-7-14-9(6-11(8)4)15-16(12,13-5)10(2)3/h8-9H,6-7H2,1-5H3/t8-,9-,16?/m1/s1. The summed E-state index contributed by atoms with van der Waals surface area (Å²) in [6, 6.07) is 0.348. The molecule has 1 fully saturated rings. The summed E-state index contributed by atoms with van der Waals surface area (Å²) in [6.45, 7) is 3.22. The van der Waals surface area contributed by atoms with Gasteiger partial charge in [0.1, 0.15) is 0 Å². The molecule has 7 heteroatoms. The minimum absolute atomic E-state index is 0.348. The molecule has 0 saturated carbocycles. The molecule has 0 spiro atoms. The Kier molecular flexibility index (Phi) is 4.91. The molecule has 0 aromatic rings. The summed E-state index contributed by atoms with van der Waals surface area (Å²) in [5.41, 5.74) is 0. The molecule has 3 atom stereocenters. The highest BCUT2D eigenvalue weighted by molar-refractivity contribution is 7.51. The number of ether oxygens (including phenoxy) is 1. The molecule has 0 aliphatic carbocycles. The minimum Gasteiger partial charge on any atom is -0.349 e. The summed E-state index contributed by atoms with van der Waals surface area (Å²) < 4.78 is 29.4. The van der Waals surface area contributed by atoms with Crippen LogP contribution in [0.25, 0.3) is 0 Å². The van der Waals surface area contributed by atoms with Gasteiger partial charge in [0.15, 0.2) is 6.29 Å². The number of morpholine rings is 1. The fourth-order valence-corrected chi connectivity index (χ4v) is 2.38. The molecule has 1 rings (SSSR count). The molecule has 16 heavy (non-hydrogen) atoms. The molecule has 6 nitrogen and oxygen atoms in total. The van der Waals surface area contributed by atoms with Crippen LogP contribution in [0.5, 0.6) is 0 Å². The zero-order chi connectivity index (χ0) is 12.3. The lowest BCUT2D eigenvalue weighted by molar-refractivity contribution is -0.149. The molecule has 1 aliphatic heterocycles. The lowest BCUT2D eigenvalue weighted by atomic mass is 10.3. The van der Waals surface area contributed by atoms with Gasteiger partial charge in [-0.1, -0.05) is 0 Å². The smallest absolute Gasteiger partial charge is 0.349 e. The minimum atomic E-state index is -3.21. The lowest BCUT2D eigenvalue weighted by Crippen LogP contribution is -2.46. The van der Waals surface area contributed by atoms with Crippen LogP contribution in [0.2, 0.25) is 0 Å². The highest BCUT2D eigenvalue weighted by atomic mass is 31.2. The fourth-order valence-electron chi connectivity index (χ4n) is 1.35. The Labute approximate surface area is 97.0 Å². The van der Waals surface area contributed by atoms with Gasteiger partial charge in [-0.15, -0.1) is 0 Å². The van der Waals surface area contributed by atoms with Crippen molar-refractivity contribution in [1.82, 2.24) is 9.57 Å². The van der Waals surface area contributed by atoms with Crippen molar-refractivity contribution in [2.24, 2.45) is 0 Å². The van der Waals surface area contributed by atoms with Crippen LogP contribution in [0.3, 0.4) is 0 Å². The van der Waals surface area contributed by atoms with Crippen molar-refractivity contribution in [2.45, 2.75) is 19.3 Å². The second-order valence-electron chi connectivity index (χ2n) is 4.16. The molecule has 1 unspecified atom stereocenters. The summed E-state index contributed by atoms with van der Waals surface area (Å²) in [7, 11) is 3.45. The average Bonchev–Trinajstić information content (AvgIpc) is 2.23. The van der Waals surface area contributed by atoms with Crippen LogP contribution in [-0.4, -0.2) is 63.3 Å². The van der Waals surface area contributed by atoms with Gasteiger partial charge < -0.3 is 4.74 Å². The van der Waals surface area contributed by atoms with Gasteiger partial charge in [-0.2, -0.15) is 0 Å². The van der Waals surface area contributed by atoms with Gasteiger partial charge in [-0.25, -0.2) is 9.24 Å². The molecule has 1 saturated heterocycles. The van der Waals surface area contributed by atoms with Crippen molar-refractivity contribution in [2.75, 3.05) is 41.4 Å². The van der Waals surface area contributed by atoms with E-state index in [0.29, 0.717) is 19.2 Å². The molecular weight excluding hydrogens is 231 g/mol. The highest BCUT2D eigenvalue weighted by Crippen LogP contribution is 2.50. The van der Waals surface area contributed by atoms with Gasteiger partial charge in [0, 0.05) is 13.2 Å². The van der Waals surface area contributed by atoms with Crippen LogP contribution in [0.1, 0.15) is 6.92 Å². The summed E-state index contributed by atoms with van der Waals surface area (Å²) in [4.78, 5) is 2.10. The Bertz CT molecular complexity index is 274. The molecule has 1 aliphatic rings. The maximum atomic E-state index is 12.1. The topological polar surface area (TPSA) is 51.2 Å². The van der Waals surface area contributed by atoms with E-state index in [9.17, 15) is 4.57 Å². The van der Waals surface area contributed by atoms with Crippen molar-refractivity contribution in [1.29, 1.82) is 0 Å². The summed E-state index contributed by atoms with van der Waals surface area (Å²) in [6.07, 6.45) is -0.505. The second-order valence-corrected chi connectivity index (χ2v) is 6.47. The molecule has 0 aromatic heterocycles. The van der Waals surface area contributed by atoms with Crippen LogP contribution in [-0.2, 0) is 18.3 Å². The fraction of sp³-hybridized carbons (Fsp3) is 1.00. The van der Waals surface area contributed by atoms with E-state index in [2.05, 4.69) is 11.8 Å². The van der Waals surface area contributed by atoms with Crippen molar-refractivity contribution < 1.29 is 18.3 Å². The largest absolute Gasteiger partial charge is 0.409 e. The second kappa shape index (κ2) is 5.58. The molecule has 0 amide bonds. The Morgan fingerprint density at radius 2 is 2.12 bits per heavy atom. The summed E-state index contributed by atoms with van der Waals surface area (Å²) >= 11 is 0. The summed E-state index contributed by atoms with van der Waals surface area (Å²) in [5.74, 6) is 0. The maximum absolute atomic E-state index is 12.1. The Balaban J connectivity index is 2.57. The average molecular weight is 252 g/mol. The first-order chi connectivity index (χ1) is 7.39. The van der Waals surface area contributed by atoms with E-state index < -0.39 is 14.0 Å². The third kappa shape index (κ3) is 3.26. The molecule has 1 heterocycles. The van der Waals surface area contributed by atoms with Crippen LogP contribution < -0.4 is 0 Å². The van der Waals surface area contributed by atoms with Gasteiger partial charge in [0.2, 0.25) is 0 Å². The maximum Gasteiger partial charge on any atom is 0.409 e. The SMILES string of the molecule is COP(=O)(O[C@@H]1CN(C)[C@H](C)CO1)N(C)C. The van der Waals surface area contributed by atoms with Crippen LogP contribution in [0.15, 0.2) is 0 Å². The molecule has 0 radical (unpaired) electrons. The van der Waals surface area contributed by atoms with Gasteiger partial charge in [-0.05, 0) is 28.1 Å². The first-order valence-electron chi connectivity index (χ1n) is 5.23. The lowest BCUT2D eigenvalue weighted by Gasteiger charge is -2.36. The first-order valence-corrected chi connectivity index (χ1v) is 6.72. The highest BCUT2D eigenvalue weighted by Gasteiger charge is 2.34. The molecule has 0 aromatic carbocycles. The van der Waals surface area contributed by atoms with E-state index in [-0.39, 0.29) is 0 Å². The molecule has 96 valence electrons. The predicted molar refractivity (Wildman–Crippen MR) is 61.2 cm³/mol. The number of nitrogens with zero attached hydrogens (tertiary/aromatic N) is 2. The van der Waals surface area contributed by atoms with Gasteiger partial charge in [0.25, 0.3) is 0 Å². The number of hydrogen-bond acceptors (Lipinski definition) is 5. The van der Waals surface area contributed by atoms with Crippen molar-refractivity contribution >= 4 is 7.75 Å². The molecular formula is C9H21N2O4P. The number of hydrogen-bond donors (Lipinski definition) is 0. The molecule has 0 bridgehead atoms. The quantitative estimate of drug-likeness (QED) is 0.696. The van der Waals surface area contributed by atoms with Gasteiger partial charge >= 0.3 is 7.75 Å². The zero-order valence-electron chi connectivity index (χ0n) is 10.5. The van der Waals surface area contributed by atoms with Gasteiger partial charge in [0.05, 0.1) is 13.2 Å². The monoisotopic (exact) mass is 252 g/mol. The third-order valence-electron chi connectivity index (χ3n) is 2.68. The third-order valence-corrected chi connectivity index (χ3v) is 4.63. The Hall–Kier alpha value is 0.0300. The van der Waals surface area contributed by atoms with Crippen molar-refractivity contribution in [3.63, 3.8) is 0 Å². The van der Waals surface area contributed by atoms with Crippen molar-refractivity contribution in [3.8, 4) is 0 Å². The predicted octanol–water partition coefficient (Wildman–Crippen LogP) is 0.996. The first kappa shape index (κ1) is 14.1. The number of likely N-dealkylation sites (N-methyl/N-ethyl adjacent to an activating group) is 1. The molecule has 0 N–H and O–H groups in total. The van der Waals surface area contributed by atoms with E-state index in [1.807, 2.05) is 7.05 Å². The Morgan fingerprint density at radius 1 is 1.50 bits per heavy atom. The van der Waals surface area contributed by atoms with E-state index in [1.54, 1.807) is 14.1 Å². The zero-order valence-corrected chi connectivity index (χ0v) is 11.4. The number of rotatable bonds is 4. The van der Waals surface area contributed by atoms with E-state index in [1.165, 1.54) is 11.8 Å². The van der Waals surface area contributed by atoms with Gasteiger partial charge in [-0.3, -0.25) is 13.9 Å². The Morgan fingerprint density at radius 3 is 2.56 bits per heavy atom. The van der Waals surface area contributed by atoms with E-state index in [0.717, 1.165) is 0 Å². The normalized spacial score (nSPS) is 31.6. The van der Waals surface area contributed by atoms with E-state index >= 15 is 0 Å². The van der Waals surface area contributed by atoms with Crippen LogP contribution in [0, 0.1) is 0 Å². The summed E-state index contributed by atoms with van der Waals surface area (Å²) in [5, 5.41) is 0. The van der Waals surface area contributed by atoms with Crippen molar-refractivity contribution in [3.05, 3.63) is 0 Å². The van der Waals surface area contributed by atoms with Crippen LogP contribution >= 0.6 is 7.75 Å².